The molecule has 2 rings (SSSR count). The maximum absolute atomic E-state index is 11.3. The molecular weight excluding hydrogens is 320 g/mol. The van der Waals surface area contributed by atoms with Crippen molar-refractivity contribution in [3.05, 3.63) is 52.4 Å². The van der Waals surface area contributed by atoms with Crippen molar-refractivity contribution in [1.29, 1.82) is 0 Å². The summed E-state index contributed by atoms with van der Waals surface area (Å²) in [4.78, 5) is 13.0. The zero-order valence-electron chi connectivity index (χ0n) is 11.5. The van der Waals surface area contributed by atoms with Crippen molar-refractivity contribution in [2.24, 2.45) is 0 Å². The first-order valence-electron chi connectivity index (χ1n) is 6.34. The Labute approximate surface area is 126 Å². The lowest BCUT2D eigenvalue weighted by molar-refractivity contribution is -0.128. The van der Waals surface area contributed by atoms with Crippen LogP contribution in [0, 0.1) is 0 Å². The number of amides is 1. The highest BCUT2D eigenvalue weighted by Gasteiger charge is 2.08. The molecule has 0 bridgehead atoms. The Morgan fingerprint density at radius 1 is 1.30 bits per heavy atom. The van der Waals surface area contributed by atoms with Crippen molar-refractivity contribution in [3.63, 3.8) is 0 Å². The van der Waals surface area contributed by atoms with Gasteiger partial charge in [0.2, 0.25) is 5.91 Å². The van der Waals surface area contributed by atoms with Crippen LogP contribution in [0.25, 0.3) is 0 Å². The Kier molecular flexibility index (Phi) is 4.84. The van der Waals surface area contributed by atoms with E-state index in [2.05, 4.69) is 21.2 Å². The molecular formula is C15H17BrN2O2. The predicted octanol–water partition coefficient (Wildman–Crippen LogP) is 3.63. The molecule has 0 aliphatic rings. The highest BCUT2D eigenvalue weighted by atomic mass is 79.9. The van der Waals surface area contributed by atoms with Gasteiger partial charge in [-0.15, -0.1) is 0 Å². The van der Waals surface area contributed by atoms with Gasteiger partial charge in [-0.25, -0.2) is 0 Å². The van der Waals surface area contributed by atoms with Crippen LogP contribution >= 0.6 is 15.9 Å². The number of anilines is 1. The van der Waals surface area contributed by atoms with E-state index >= 15 is 0 Å². The summed E-state index contributed by atoms with van der Waals surface area (Å²) >= 11 is 3.28. The molecule has 106 valence electrons. The number of rotatable bonds is 5. The Morgan fingerprint density at radius 3 is 2.70 bits per heavy atom. The van der Waals surface area contributed by atoms with E-state index in [4.69, 9.17) is 4.42 Å². The van der Waals surface area contributed by atoms with Crippen LogP contribution in [-0.4, -0.2) is 17.9 Å². The second-order valence-electron chi connectivity index (χ2n) is 4.59. The zero-order chi connectivity index (χ0) is 14.5. The Bertz CT molecular complexity index is 595. The van der Waals surface area contributed by atoms with Crippen molar-refractivity contribution < 1.29 is 9.21 Å². The summed E-state index contributed by atoms with van der Waals surface area (Å²) in [5, 5.41) is 3.33. The molecule has 20 heavy (non-hydrogen) atoms. The van der Waals surface area contributed by atoms with Gasteiger partial charge in [-0.3, -0.25) is 4.79 Å². The van der Waals surface area contributed by atoms with Gasteiger partial charge in [-0.2, -0.15) is 0 Å². The molecule has 1 N–H and O–H groups in total. The quantitative estimate of drug-likeness (QED) is 0.906. The summed E-state index contributed by atoms with van der Waals surface area (Å²) in [6.07, 6.45) is 0. The van der Waals surface area contributed by atoms with E-state index in [-0.39, 0.29) is 5.91 Å². The summed E-state index contributed by atoms with van der Waals surface area (Å²) < 4.78 is 6.18. The van der Waals surface area contributed by atoms with Crippen molar-refractivity contribution in [1.82, 2.24) is 4.90 Å². The standard InChI is InChI=1S/C15H17BrN2O2/c1-11(19)18(2)10-12-5-3-4-6-14(12)17-9-13-7-8-15(16)20-13/h3-8,17H,9-10H2,1-2H3. The number of halogens is 1. The number of para-hydroxylation sites is 1. The maximum Gasteiger partial charge on any atom is 0.219 e. The monoisotopic (exact) mass is 336 g/mol. The number of benzene rings is 1. The summed E-state index contributed by atoms with van der Waals surface area (Å²) in [6, 6.07) is 11.7. The molecule has 0 radical (unpaired) electrons. The second kappa shape index (κ2) is 6.61. The van der Waals surface area contributed by atoms with E-state index in [1.807, 2.05) is 36.4 Å². The van der Waals surface area contributed by atoms with Crippen LogP contribution in [0.4, 0.5) is 5.69 Å². The normalized spacial score (nSPS) is 10.3. The average Bonchev–Trinajstić information content (AvgIpc) is 2.83. The van der Waals surface area contributed by atoms with E-state index in [9.17, 15) is 4.79 Å². The van der Waals surface area contributed by atoms with E-state index < -0.39 is 0 Å². The van der Waals surface area contributed by atoms with Crippen molar-refractivity contribution in [2.75, 3.05) is 12.4 Å². The second-order valence-corrected chi connectivity index (χ2v) is 5.37. The van der Waals surface area contributed by atoms with E-state index in [0.29, 0.717) is 13.1 Å². The van der Waals surface area contributed by atoms with Crippen LogP contribution in [0.2, 0.25) is 0 Å². The van der Waals surface area contributed by atoms with Crippen LogP contribution in [0.5, 0.6) is 0 Å². The molecule has 2 aromatic rings. The lowest BCUT2D eigenvalue weighted by Crippen LogP contribution is -2.23. The number of furan rings is 1. The van der Waals surface area contributed by atoms with Crippen LogP contribution < -0.4 is 5.32 Å². The van der Waals surface area contributed by atoms with Crippen LogP contribution in [0.1, 0.15) is 18.2 Å². The third-order valence-electron chi connectivity index (χ3n) is 3.04. The van der Waals surface area contributed by atoms with Crippen molar-refractivity contribution in [2.45, 2.75) is 20.0 Å². The molecule has 0 aliphatic carbocycles. The van der Waals surface area contributed by atoms with Crippen molar-refractivity contribution in [3.8, 4) is 0 Å². The molecule has 1 aromatic heterocycles. The van der Waals surface area contributed by atoms with Gasteiger partial charge in [0.05, 0.1) is 6.54 Å². The molecule has 5 heteroatoms. The van der Waals surface area contributed by atoms with E-state index in [1.54, 1.807) is 18.9 Å². The SMILES string of the molecule is CC(=O)N(C)Cc1ccccc1NCc1ccc(Br)o1. The third-order valence-corrected chi connectivity index (χ3v) is 3.47. The summed E-state index contributed by atoms with van der Waals surface area (Å²) in [7, 11) is 1.79. The van der Waals surface area contributed by atoms with Crippen LogP contribution in [0.15, 0.2) is 45.5 Å². The predicted molar refractivity (Wildman–Crippen MR) is 82.3 cm³/mol. The molecule has 0 aliphatic heterocycles. The van der Waals surface area contributed by atoms with Gasteiger partial charge in [0.1, 0.15) is 5.76 Å². The smallest absolute Gasteiger partial charge is 0.219 e. The summed E-state index contributed by atoms with van der Waals surface area (Å²) in [5.74, 6) is 0.904. The summed E-state index contributed by atoms with van der Waals surface area (Å²) in [6.45, 7) is 2.75. The molecule has 0 atom stereocenters. The van der Waals surface area contributed by atoms with Crippen LogP contribution in [-0.2, 0) is 17.9 Å². The first-order chi connectivity index (χ1) is 9.56. The first kappa shape index (κ1) is 14.7. The minimum Gasteiger partial charge on any atom is -0.452 e. The maximum atomic E-state index is 11.3. The van der Waals surface area contributed by atoms with Gasteiger partial charge in [-0.05, 0) is 39.7 Å². The highest BCUT2D eigenvalue weighted by Crippen LogP contribution is 2.19. The zero-order valence-corrected chi connectivity index (χ0v) is 13.1. The fourth-order valence-electron chi connectivity index (χ4n) is 1.83. The van der Waals surface area contributed by atoms with Gasteiger partial charge in [0, 0.05) is 26.2 Å². The Morgan fingerprint density at radius 2 is 2.05 bits per heavy atom. The number of hydrogen-bond acceptors (Lipinski definition) is 3. The fraction of sp³-hybridized carbons (Fsp3) is 0.267. The van der Waals surface area contributed by atoms with E-state index in [0.717, 1.165) is 21.7 Å². The van der Waals surface area contributed by atoms with Gasteiger partial charge in [0.15, 0.2) is 4.67 Å². The fourth-order valence-corrected chi connectivity index (χ4v) is 2.17. The molecule has 1 amide bonds. The van der Waals surface area contributed by atoms with E-state index in [1.165, 1.54) is 0 Å². The van der Waals surface area contributed by atoms with Gasteiger partial charge < -0.3 is 14.6 Å². The number of hydrogen-bond donors (Lipinski definition) is 1. The number of nitrogens with one attached hydrogen (secondary N) is 1. The van der Waals surface area contributed by atoms with Gasteiger partial charge in [-0.1, -0.05) is 18.2 Å². The minimum atomic E-state index is 0.0507. The molecule has 1 heterocycles. The molecule has 0 saturated heterocycles. The topological polar surface area (TPSA) is 45.5 Å². The van der Waals surface area contributed by atoms with Gasteiger partial charge >= 0.3 is 0 Å². The first-order valence-corrected chi connectivity index (χ1v) is 7.13. The Hall–Kier alpha value is -1.75. The molecule has 0 spiro atoms. The molecule has 4 nitrogen and oxygen atoms in total. The lowest BCUT2D eigenvalue weighted by Gasteiger charge is -2.18. The summed E-state index contributed by atoms with van der Waals surface area (Å²) in [5.41, 5.74) is 2.09. The molecule has 0 fully saturated rings. The van der Waals surface area contributed by atoms with Gasteiger partial charge in [0.25, 0.3) is 0 Å². The number of carbonyl (C=O) groups is 1. The molecule has 0 unspecified atom stereocenters. The minimum absolute atomic E-state index is 0.0507. The number of carbonyl (C=O) groups excluding carboxylic acids is 1. The molecule has 0 saturated carbocycles. The lowest BCUT2D eigenvalue weighted by atomic mass is 10.1. The Balaban J connectivity index is 2.05. The average molecular weight is 337 g/mol. The highest BCUT2D eigenvalue weighted by molar-refractivity contribution is 9.10. The largest absolute Gasteiger partial charge is 0.452 e. The van der Waals surface area contributed by atoms with Crippen molar-refractivity contribution >= 4 is 27.5 Å². The number of nitrogens with zero attached hydrogens (tertiary/aromatic N) is 1. The third kappa shape index (κ3) is 3.87. The van der Waals surface area contributed by atoms with Crippen LogP contribution in [0.3, 0.4) is 0 Å². The molecule has 1 aromatic carbocycles.